The summed E-state index contributed by atoms with van der Waals surface area (Å²) in [4.78, 5) is 40.6. The van der Waals surface area contributed by atoms with Crippen LogP contribution in [0, 0.1) is 5.92 Å². The summed E-state index contributed by atoms with van der Waals surface area (Å²) in [6, 6.07) is 8.35. The summed E-state index contributed by atoms with van der Waals surface area (Å²) in [6.45, 7) is 1.60. The molecule has 0 bridgehead atoms. The number of nitrogens with zero attached hydrogens (tertiary/aromatic N) is 2. The van der Waals surface area contributed by atoms with Gasteiger partial charge in [-0.3, -0.25) is 14.5 Å². The fraction of sp³-hybridized carbons (Fsp3) is 0.421. The van der Waals surface area contributed by atoms with E-state index in [4.69, 9.17) is 0 Å². The van der Waals surface area contributed by atoms with E-state index in [9.17, 15) is 14.4 Å². The maximum Gasteiger partial charge on any atom is 0.327 e. The zero-order valence-corrected chi connectivity index (χ0v) is 14.1. The Morgan fingerprint density at radius 2 is 1.96 bits per heavy atom. The van der Waals surface area contributed by atoms with E-state index in [1.165, 1.54) is 4.90 Å². The van der Waals surface area contributed by atoms with Crippen molar-refractivity contribution in [1.29, 1.82) is 0 Å². The van der Waals surface area contributed by atoms with Crippen molar-refractivity contribution in [3.05, 3.63) is 48.0 Å². The van der Waals surface area contributed by atoms with Crippen LogP contribution >= 0.6 is 0 Å². The highest BCUT2D eigenvalue weighted by atomic mass is 16.2. The van der Waals surface area contributed by atoms with E-state index in [0.29, 0.717) is 5.56 Å². The molecule has 0 aromatic heterocycles. The van der Waals surface area contributed by atoms with E-state index in [1.807, 2.05) is 12.1 Å². The van der Waals surface area contributed by atoms with E-state index in [-0.39, 0.29) is 24.2 Å². The summed E-state index contributed by atoms with van der Waals surface area (Å²) in [7, 11) is 1.65. The van der Waals surface area contributed by atoms with Gasteiger partial charge < -0.3 is 4.90 Å². The first-order chi connectivity index (χ1) is 11.5. The molecule has 5 heteroatoms. The molecule has 2 atom stereocenters. The minimum atomic E-state index is -0.912. The Bertz CT molecular complexity index is 698. The zero-order chi connectivity index (χ0) is 17.3. The lowest BCUT2D eigenvalue weighted by atomic mass is 9.78. The molecule has 0 saturated carbocycles. The number of carbonyl (C=O) groups is 3. The summed E-state index contributed by atoms with van der Waals surface area (Å²) >= 11 is 0. The zero-order valence-electron chi connectivity index (χ0n) is 14.1. The van der Waals surface area contributed by atoms with Gasteiger partial charge in [0.05, 0.1) is 6.54 Å². The third-order valence-corrected chi connectivity index (χ3v) is 5.27. The van der Waals surface area contributed by atoms with Crippen LogP contribution in [-0.4, -0.2) is 46.7 Å². The minimum absolute atomic E-state index is 0.00970. The van der Waals surface area contributed by atoms with Gasteiger partial charge in [0.25, 0.3) is 5.91 Å². The van der Waals surface area contributed by atoms with Crippen molar-refractivity contribution >= 4 is 17.7 Å². The molecule has 2 unspecified atom stereocenters. The van der Waals surface area contributed by atoms with Crippen molar-refractivity contribution in [1.82, 2.24) is 9.80 Å². The summed E-state index contributed by atoms with van der Waals surface area (Å²) in [5.41, 5.74) is -0.405. The Kier molecular flexibility index (Phi) is 4.26. The third kappa shape index (κ3) is 2.54. The number of hydrogen-bond acceptors (Lipinski definition) is 3. The van der Waals surface area contributed by atoms with E-state index < -0.39 is 11.6 Å². The molecule has 3 amide bonds. The smallest absolute Gasteiger partial charge is 0.312 e. The summed E-state index contributed by atoms with van der Waals surface area (Å²) in [6.07, 6.45) is 7.00. The van der Waals surface area contributed by atoms with Crippen LogP contribution in [0.3, 0.4) is 0 Å². The Morgan fingerprint density at radius 1 is 1.25 bits per heavy atom. The molecule has 0 spiro atoms. The molecule has 1 aromatic rings. The molecular weight excluding hydrogens is 304 g/mol. The number of urea groups is 1. The van der Waals surface area contributed by atoms with E-state index >= 15 is 0 Å². The molecule has 0 radical (unpaired) electrons. The molecule has 126 valence electrons. The predicted molar refractivity (Wildman–Crippen MR) is 90.5 cm³/mol. The molecule has 2 aliphatic rings. The Morgan fingerprint density at radius 3 is 2.58 bits per heavy atom. The van der Waals surface area contributed by atoms with Crippen molar-refractivity contribution in [2.75, 3.05) is 13.6 Å². The molecule has 5 nitrogen and oxygen atoms in total. The third-order valence-electron chi connectivity index (χ3n) is 5.27. The lowest BCUT2D eigenvalue weighted by molar-refractivity contribution is -0.133. The van der Waals surface area contributed by atoms with Crippen molar-refractivity contribution in [3.63, 3.8) is 0 Å². The van der Waals surface area contributed by atoms with Crippen LogP contribution in [-0.2, 0) is 4.79 Å². The van der Waals surface area contributed by atoms with E-state index in [2.05, 4.69) is 6.08 Å². The quantitative estimate of drug-likeness (QED) is 0.486. The minimum Gasteiger partial charge on any atom is -0.312 e. The van der Waals surface area contributed by atoms with E-state index in [0.717, 1.165) is 24.2 Å². The van der Waals surface area contributed by atoms with E-state index in [1.54, 1.807) is 38.2 Å². The second-order valence-corrected chi connectivity index (χ2v) is 6.64. The molecule has 0 N–H and O–H groups in total. The first kappa shape index (κ1) is 16.4. The standard InChI is InChI=1S/C19H22N2O3/c1-19(15-11-7-4-8-12-15)17(23)21(18(24)20(19)2)13-16(22)14-9-5-3-6-10-14/h3,5-7,9-11,15H,4,8,12-13H2,1-2H3. The van der Waals surface area contributed by atoms with Gasteiger partial charge >= 0.3 is 6.03 Å². The summed E-state index contributed by atoms with van der Waals surface area (Å²) in [5, 5.41) is 0. The average molecular weight is 326 g/mol. The highest BCUT2D eigenvalue weighted by Crippen LogP contribution is 2.38. The van der Waals surface area contributed by atoms with Gasteiger partial charge in [-0.2, -0.15) is 0 Å². The van der Waals surface area contributed by atoms with Crippen molar-refractivity contribution < 1.29 is 14.4 Å². The molecule has 1 heterocycles. The largest absolute Gasteiger partial charge is 0.327 e. The highest BCUT2D eigenvalue weighted by Gasteiger charge is 2.56. The van der Waals surface area contributed by atoms with Gasteiger partial charge in [-0.05, 0) is 26.2 Å². The number of imide groups is 1. The highest BCUT2D eigenvalue weighted by molar-refractivity contribution is 6.11. The summed E-state index contributed by atoms with van der Waals surface area (Å²) < 4.78 is 0. The van der Waals surface area contributed by atoms with Gasteiger partial charge in [0, 0.05) is 18.5 Å². The number of benzene rings is 1. The van der Waals surface area contributed by atoms with Crippen LogP contribution in [0.25, 0.3) is 0 Å². The number of carbonyl (C=O) groups excluding carboxylic acids is 3. The van der Waals surface area contributed by atoms with Crippen molar-refractivity contribution in [2.45, 2.75) is 31.7 Å². The first-order valence-electron chi connectivity index (χ1n) is 8.31. The topological polar surface area (TPSA) is 57.7 Å². The van der Waals surface area contributed by atoms with Gasteiger partial charge in [-0.1, -0.05) is 42.5 Å². The van der Waals surface area contributed by atoms with Crippen LogP contribution < -0.4 is 0 Å². The van der Waals surface area contributed by atoms with Crippen LogP contribution in [0.15, 0.2) is 42.5 Å². The fourth-order valence-electron chi connectivity index (χ4n) is 3.57. The van der Waals surface area contributed by atoms with Gasteiger partial charge in [0.2, 0.25) is 0 Å². The number of amides is 3. The van der Waals surface area contributed by atoms with Gasteiger partial charge in [-0.15, -0.1) is 0 Å². The van der Waals surface area contributed by atoms with Crippen LogP contribution in [0.2, 0.25) is 0 Å². The predicted octanol–water partition coefficient (Wildman–Crippen LogP) is 2.88. The number of ketones is 1. The van der Waals surface area contributed by atoms with Gasteiger partial charge in [0.1, 0.15) is 5.54 Å². The molecule has 1 aliphatic carbocycles. The number of rotatable bonds is 4. The molecule has 1 aliphatic heterocycles. The number of likely N-dealkylation sites (N-methyl/N-ethyl adjacent to an activating group) is 1. The van der Waals surface area contributed by atoms with Crippen LogP contribution in [0.5, 0.6) is 0 Å². The Labute approximate surface area is 141 Å². The number of allylic oxidation sites excluding steroid dienone is 1. The maximum absolute atomic E-state index is 13.0. The van der Waals surface area contributed by atoms with Crippen molar-refractivity contribution in [2.24, 2.45) is 5.92 Å². The maximum atomic E-state index is 13.0. The molecular formula is C19H22N2O3. The van der Waals surface area contributed by atoms with Gasteiger partial charge in [0.15, 0.2) is 5.78 Å². The fourth-order valence-corrected chi connectivity index (χ4v) is 3.57. The number of Topliss-reactive ketones (excluding diaryl/α,β-unsaturated/α-hetero) is 1. The lowest BCUT2D eigenvalue weighted by Crippen LogP contribution is -2.51. The molecule has 1 aromatic carbocycles. The first-order valence-corrected chi connectivity index (χ1v) is 8.31. The normalized spacial score (nSPS) is 27.0. The van der Waals surface area contributed by atoms with Crippen LogP contribution in [0.4, 0.5) is 4.79 Å². The Hall–Kier alpha value is -2.43. The molecule has 24 heavy (non-hydrogen) atoms. The molecule has 1 fully saturated rings. The average Bonchev–Trinajstić information content (AvgIpc) is 2.79. The second-order valence-electron chi connectivity index (χ2n) is 6.64. The van der Waals surface area contributed by atoms with Gasteiger partial charge in [-0.25, -0.2) is 4.79 Å². The molecule has 3 rings (SSSR count). The van der Waals surface area contributed by atoms with Crippen molar-refractivity contribution in [3.8, 4) is 0 Å². The van der Waals surface area contributed by atoms with Crippen LogP contribution in [0.1, 0.15) is 36.5 Å². The lowest BCUT2D eigenvalue weighted by Gasteiger charge is -2.36. The second kappa shape index (κ2) is 6.23. The Balaban J connectivity index is 1.84. The summed E-state index contributed by atoms with van der Waals surface area (Å²) in [5.74, 6) is -0.519. The number of hydrogen-bond donors (Lipinski definition) is 0. The SMILES string of the molecule is CN1C(=O)N(CC(=O)c2ccccc2)C(=O)C1(C)C1C=CCCC1. The molecule has 1 saturated heterocycles. The monoisotopic (exact) mass is 326 g/mol.